The summed E-state index contributed by atoms with van der Waals surface area (Å²) in [6, 6.07) is 0. The van der Waals surface area contributed by atoms with Crippen molar-refractivity contribution in [3.63, 3.8) is 0 Å². The number of carbonyl (C=O) groups is 2. The Balaban J connectivity index is 3.94. The lowest BCUT2D eigenvalue weighted by Crippen LogP contribution is -2.29. The van der Waals surface area contributed by atoms with Crippen LogP contribution in [0.3, 0.4) is 0 Å². The minimum atomic E-state index is -4.75. The Hall–Kier alpha value is -1.47. The molecule has 49 heavy (non-hydrogen) atoms. The summed E-state index contributed by atoms with van der Waals surface area (Å²) in [6.07, 6.45) is 40.4. The van der Waals surface area contributed by atoms with E-state index in [0.29, 0.717) is 12.8 Å². The second-order valence-electron chi connectivity index (χ2n) is 13.6. The monoisotopic (exact) mass is 715 g/mol. The third-order valence-electron chi connectivity index (χ3n) is 8.72. The zero-order chi connectivity index (χ0) is 36.1. The van der Waals surface area contributed by atoms with E-state index in [1.54, 1.807) is 0 Å². The van der Waals surface area contributed by atoms with Crippen LogP contribution in [-0.2, 0) is 28.2 Å². The zero-order valence-corrected chi connectivity index (χ0v) is 32.5. The molecule has 0 saturated carbocycles. The Kier molecular flexibility index (Phi) is 35.2. The van der Waals surface area contributed by atoms with Gasteiger partial charge < -0.3 is 19.3 Å². The largest absolute Gasteiger partial charge is 0.469 e. The molecule has 0 spiro atoms. The van der Waals surface area contributed by atoms with E-state index >= 15 is 0 Å². The quantitative estimate of drug-likeness (QED) is 0.0282. The highest BCUT2D eigenvalue weighted by molar-refractivity contribution is 7.46. The number of hydrogen-bond donors (Lipinski definition) is 2. The summed E-state index contributed by atoms with van der Waals surface area (Å²) in [4.78, 5) is 42.8. The molecule has 0 radical (unpaired) electrons. The van der Waals surface area contributed by atoms with E-state index < -0.39 is 32.5 Å². The normalized spacial score (nSPS) is 12.7. The van der Waals surface area contributed by atoms with Gasteiger partial charge in [0.15, 0.2) is 6.10 Å². The molecule has 8 nitrogen and oxygen atoms in total. The van der Waals surface area contributed by atoms with Crippen LogP contribution in [0, 0.1) is 0 Å². The molecule has 0 saturated heterocycles. The van der Waals surface area contributed by atoms with Crippen molar-refractivity contribution in [1.29, 1.82) is 0 Å². The van der Waals surface area contributed by atoms with Gasteiger partial charge in [-0.1, -0.05) is 167 Å². The van der Waals surface area contributed by atoms with E-state index in [2.05, 4.69) is 42.7 Å². The van der Waals surface area contributed by atoms with Crippen molar-refractivity contribution in [1.82, 2.24) is 0 Å². The highest BCUT2D eigenvalue weighted by Gasteiger charge is 2.22. The predicted octanol–water partition coefficient (Wildman–Crippen LogP) is 12.0. The molecule has 0 aromatic carbocycles. The van der Waals surface area contributed by atoms with Crippen molar-refractivity contribution >= 4 is 19.8 Å². The Bertz CT molecular complexity index is 853. The van der Waals surface area contributed by atoms with Gasteiger partial charge in [0, 0.05) is 12.8 Å². The fraction of sp³-hybridized carbons (Fsp3) is 0.850. The van der Waals surface area contributed by atoms with E-state index in [1.807, 2.05) is 0 Å². The maximum atomic E-state index is 12.4. The van der Waals surface area contributed by atoms with Gasteiger partial charge in [-0.25, -0.2) is 4.57 Å². The van der Waals surface area contributed by atoms with Crippen molar-refractivity contribution in [2.75, 3.05) is 13.2 Å². The Labute approximate surface area is 300 Å². The maximum Gasteiger partial charge on any atom is 0.469 e. The molecule has 288 valence electrons. The molecule has 1 atom stereocenters. The number of rotatable bonds is 37. The van der Waals surface area contributed by atoms with Gasteiger partial charge in [0.25, 0.3) is 0 Å². The molecule has 9 heteroatoms. The van der Waals surface area contributed by atoms with E-state index in [-0.39, 0.29) is 19.4 Å². The third-order valence-corrected chi connectivity index (χ3v) is 9.21. The van der Waals surface area contributed by atoms with Crippen LogP contribution in [0.2, 0.25) is 0 Å². The first-order valence-electron chi connectivity index (χ1n) is 20.1. The fourth-order valence-corrected chi connectivity index (χ4v) is 6.06. The molecule has 0 aliphatic rings. The first kappa shape index (κ1) is 47.5. The second-order valence-corrected chi connectivity index (χ2v) is 14.9. The van der Waals surface area contributed by atoms with E-state index in [1.165, 1.54) is 103 Å². The predicted molar refractivity (Wildman–Crippen MR) is 202 cm³/mol. The first-order valence-corrected chi connectivity index (χ1v) is 21.7. The van der Waals surface area contributed by atoms with Gasteiger partial charge in [-0.15, -0.1) is 0 Å². The lowest BCUT2D eigenvalue weighted by Gasteiger charge is -2.18. The van der Waals surface area contributed by atoms with Crippen LogP contribution >= 0.6 is 7.82 Å². The van der Waals surface area contributed by atoms with Crippen LogP contribution in [-0.4, -0.2) is 41.0 Å². The molecular formula is C40H75O8P. The highest BCUT2D eigenvalue weighted by atomic mass is 31.2. The second kappa shape index (κ2) is 36.3. The fourth-order valence-electron chi connectivity index (χ4n) is 5.70. The van der Waals surface area contributed by atoms with Gasteiger partial charge >= 0.3 is 19.8 Å². The van der Waals surface area contributed by atoms with Crippen molar-refractivity contribution in [3.8, 4) is 0 Å². The van der Waals surface area contributed by atoms with E-state index in [4.69, 9.17) is 19.3 Å². The Morgan fingerprint density at radius 3 is 1.39 bits per heavy atom. The number of hydrogen-bond acceptors (Lipinski definition) is 6. The summed E-state index contributed by atoms with van der Waals surface area (Å²) in [5.74, 6) is -0.893. The molecule has 0 unspecified atom stereocenters. The van der Waals surface area contributed by atoms with Crippen LogP contribution in [0.4, 0.5) is 0 Å². The summed E-state index contributed by atoms with van der Waals surface area (Å²) in [5.41, 5.74) is 0. The van der Waals surface area contributed by atoms with E-state index in [9.17, 15) is 14.2 Å². The number of allylic oxidation sites excluding steroid dienone is 4. The topological polar surface area (TPSA) is 119 Å². The molecule has 0 aromatic rings. The Morgan fingerprint density at radius 1 is 0.531 bits per heavy atom. The summed E-state index contributed by atoms with van der Waals surface area (Å²) < 4.78 is 26.3. The third kappa shape index (κ3) is 39.2. The average Bonchev–Trinajstić information content (AvgIpc) is 3.07. The summed E-state index contributed by atoms with van der Waals surface area (Å²) >= 11 is 0. The van der Waals surface area contributed by atoms with Crippen molar-refractivity contribution in [2.24, 2.45) is 0 Å². The standard InChI is InChI=1S/C40H75O8P/c1-3-5-7-9-11-13-15-17-19-21-23-25-27-29-31-33-35-40(42)48-38(37-47-49(43,44)45)36-46-39(41)34-32-30-28-26-24-22-20-18-16-14-12-10-8-6-4-2/h12,14,18,20,38H,3-11,13,15-17,19,21-37H2,1-2H3,(H2,43,44,45)/b14-12-,20-18-/t38-/m1/s1. The zero-order valence-electron chi connectivity index (χ0n) is 31.6. The molecule has 0 heterocycles. The van der Waals surface area contributed by atoms with Crippen molar-refractivity contribution < 1.29 is 37.9 Å². The number of ether oxygens (including phenoxy) is 2. The van der Waals surface area contributed by atoms with Gasteiger partial charge in [0.2, 0.25) is 0 Å². The lowest BCUT2D eigenvalue weighted by atomic mass is 10.0. The van der Waals surface area contributed by atoms with Crippen LogP contribution in [0.15, 0.2) is 24.3 Å². The minimum Gasteiger partial charge on any atom is -0.462 e. The van der Waals surface area contributed by atoms with Crippen LogP contribution in [0.1, 0.15) is 200 Å². The number of unbranched alkanes of at least 4 members (excludes halogenated alkanes) is 23. The number of carbonyl (C=O) groups excluding carboxylic acids is 2. The molecule has 0 fully saturated rings. The minimum absolute atomic E-state index is 0.213. The smallest absolute Gasteiger partial charge is 0.462 e. The maximum absolute atomic E-state index is 12.4. The number of phosphoric ester groups is 1. The molecule has 0 aliphatic carbocycles. The van der Waals surface area contributed by atoms with Gasteiger partial charge in [-0.05, 0) is 44.9 Å². The first-order chi connectivity index (χ1) is 23.8. The number of esters is 2. The average molecular weight is 715 g/mol. The molecule has 0 bridgehead atoms. The van der Waals surface area contributed by atoms with Gasteiger partial charge in [0.05, 0.1) is 6.61 Å². The molecule has 0 rings (SSSR count). The van der Waals surface area contributed by atoms with Crippen molar-refractivity contribution in [3.05, 3.63) is 24.3 Å². The van der Waals surface area contributed by atoms with Crippen molar-refractivity contribution in [2.45, 2.75) is 206 Å². The lowest BCUT2D eigenvalue weighted by molar-refractivity contribution is -0.161. The summed E-state index contributed by atoms with van der Waals surface area (Å²) in [7, 11) is -4.75. The van der Waals surface area contributed by atoms with Crippen LogP contribution in [0.25, 0.3) is 0 Å². The molecule has 0 aliphatic heterocycles. The molecular weight excluding hydrogens is 639 g/mol. The summed E-state index contributed by atoms with van der Waals surface area (Å²) in [5, 5.41) is 0. The molecule has 2 N–H and O–H groups in total. The van der Waals surface area contributed by atoms with Crippen LogP contribution < -0.4 is 0 Å². The Morgan fingerprint density at radius 2 is 0.918 bits per heavy atom. The van der Waals surface area contributed by atoms with E-state index in [0.717, 1.165) is 57.8 Å². The van der Waals surface area contributed by atoms with Gasteiger partial charge in [0.1, 0.15) is 6.61 Å². The molecule has 0 aromatic heterocycles. The SMILES string of the molecule is CCCCC/C=C\C/C=C\CCCCCCCC(=O)OC[C@H](COP(=O)(O)O)OC(=O)CCCCCCCCCCCCCCCCCC. The molecule has 0 amide bonds. The van der Waals surface area contributed by atoms with Gasteiger partial charge in [-0.3, -0.25) is 14.1 Å². The number of phosphoric acid groups is 1. The summed E-state index contributed by atoms with van der Waals surface area (Å²) in [6.45, 7) is 3.66. The van der Waals surface area contributed by atoms with Gasteiger partial charge in [-0.2, -0.15) is 0 Å². The van der Waals surface area contributed by atoms with Crippen LogP contribution in [0.5, 0.6) is 0 Å². The highest BCUT2D eigenvalue weighted by Crippen LogP contribution is 2.36.